The number of aliphatic hydroxyl groups is 1. The van der Waals surface area contributed by atoms with Gasteiger partial charge in [0, 0.05) is 31.2 Å². The molecule has 112 valence electrons. The van der Waals surface area contributed by atoms with Crippen molar-refractivity contribution in [3.05, 3.63) is 0 Å². The number of nitrogens with one attached hydrogen (secondary N) is 2. The molecule has 1 saturated carbocycles. The average molecular weight is 272 g/mol. The van der Waals surface area contributed by atoms with Crippen molar-refractivity contribution >= 4 is 6.03 Å². The van der Waals surface area contributed by atoms with E-state index < -0.39 is 0 Å². The first kappa shape index (κ1) is 16.2. The fraction of sp³-hybridized carbons (Fsp3) is 0.929. The van der Waals surface area contributed by atoms with Crippen LogP contribution in [0.3, 0.4) is 0 Å². The summed E-state index contributed by atoms with van der Waals surface area (Å²) in [5.74, 6) is 0. The van der Waals surface area contributed by atoms with Crippen molar-refractivity contribution in [1.82, 2.24) is 10.6 Å². The number of urea groups is 1. The Bertz CT molecular complexity index is 282. The van der Waals surface area contributed by atoms with Crippen molar-refractivity contribution in [1.29, 1.82) is 0 Å². The van der Waals surface area contributed by atoms with Crippen LogP contribution < -0.4 is 10.6 Å². The lowest BCUT2D eigenvalue weighted by molar-refractivity contribution is -0.114. The highest BCUT2D eigenvalue weighted by Gasteiger charge is 2.49. The van der Waals surface area contributed by atoms with Crippen LogP contribution in [0.1, 0.15) is 46.5 Å². The molecule has 0 heterocycles. The lowest BCUT2D eigenvalue weighted by atomic mass is 9.64. The van der Waals surface area contributed by atoms with Crippen LogP contribution in [0.15, 0.2) is 0 Å². The van der Waals surface area contributed by atoms with Crippen LogP contribution in [-0.2, 0) is 4.74 Å². The highest BCUT2D eigenvalue weighted by molar-refractivity contribution is 5.74. The molecule has 1 aliphatic rings. The Kier molecular flexibility index (Phi) is 6.58. The summed E-state index contributed by atoms with van der Waals surface area (Å²) in [6.45, 7) is 7.82. The summed E-state index contributed by atoms with van der Waals surface area (Å²) in [5.41, 5.74) is -0.0118. The first-order valence-electron chi connectivity index (χ1n) is 7.29. The van der Waals surface area contributed by atoms with Crippen molar-refractivity contribution in [3.63, 3.8) is 0 Å². The van der Waals surface area contributed by atoms with Crippen LogP contribution in [0.4, 0.5) is 4.79 Å². The summed E-state index contributed by atoms with van der Waals surface area (Å²) in [5, 5.41) is 14.4. The van der Waals surface area contributed by atoms with Gasteiger partial charge in [0.15, 0.2) is 0 Å². The number of rotatable bonds is 8. The summed E-state index contributed by atoms with van der Waals surface area (Å²) < 4.78 is 5.84. The van der Waals surface area contributed by atoms with Gasteiger partial charge in [0.1, 0.15) is 0 Å². The summed E-state index contributed by atoms with van der Waals surface area (Å²) in [6, 6.07) is 0.00628. The molecule has 0 bridgehead atoms. The second-order valence-electron chi connectivity index (χ2n) is 5.80. The molecule has 2 unspecified atom stereocenters. The molecule has 3 N–H and O–H groups in total. The van der Waals surface area contributed by atoms with Gasteiger partial charge in [-0.1, -0.05) is 27.2 Å². The summed E-state index contributed by atoms with van der Waals surface area (Å²) >= 11 is 0. The minimum Gasteiger partial charge on any atom is -0.396 e. The number of unbranched alkanes of at least 4 members (excludes halogenated alkanes) is 1. The number of amides is 2. The third kappa shape index (κ3) is 4.66. The van der Waals surface area contributed by atoms with Crippen LogP contribution in [-0.4, -0.2) is 43.0 Å². The molecule has 0 aromatic heterocycles. The van der Waals surface area contributed by atoms with Gasteiger partial charge >= 0.3 is 6.03 Å². The zero-order chi connectivity index (χ0) is 14.3. The molecule has 0 radical (unpaired) electrons. The first-order chi connectivity index (χ1) is 9.02. The minimum absolute atomic E-state index is 0.0118. The van der Waals surface area contributed by atoms with Crippen molar-refractivity contribution in [2.24, 2.45) is 5.41 Å². The van der Waals surface area contributed by atoms with Crippen molar-refractivity contribution in [2.45, 2.75) is 58.6 Å². The number of hydrogen-bond acceptors (Lipinski definition) is 3. The summed E-state index contributed by atoms with van der Waals surface area (Å²) in [4.78, 5) is 11.6. The molecular formula is C14H28N2O3. The highest BCUT2D eigenvalue weighted by atomic mass is 16.5. The second kappa shape index (κ2) is 7.70. The fourth-order valence-corrected chi connectivity index (χ4v) is 2.27. The van der Waals surface area contributed by atoms with E-state index in [1.165, 1.54) is 0 Å². The first-order valence-corrected chi connectivity index (χ1v) is 7.29. The van der Waals surface area contributed by atoms with Crippen molar-refractivity contribution in [2.75, 3.05) is 19.8 Å². The maximum absolute atomic E-state index is 11.6. The maximum atomic E-state index is 11.6. The number of hydrogen-bond donors (Lipinski definition) is 3. The minimum atomic E-state index is -0.154. The van der Waals surface area contributed by atoms with Crippen LogP contribution in [0, 0.1) is 5.41 Å². The fourth-order valence-electron chi connectivity index (χ4n) is 2.27. The topological polar surface area (TPSA) is 70.6 Å². The number of aliphatic hydroxyl groups excluding tert-OH is 1. The quantitative estimate of drug-likeness (QED) is 0.588. The predicted molar refractivity (Wildman–Crippen MR) is 75.1 cm³/mol. The molecule has 1 aliphatic carbocycles. The second-order valence-corrected chi connectivity index (χ2v) is 5.80. The van der Waals surface area contributed by atoms with Gasteiger partial charge in [-0.3, -0.25) is 0 Å². The molecule has 19 heavy (non-hydrogen) atoms. The summed E-state index contributed by atoms with van der Waals surface area (Å²) in [7, 11) is 0. The Morgan fingerprint density at radius 1 is 1.42 bits per heavy atom. The van der Waals surface area contributed by atoms with Crippen LogP contribution >= 0.6 is 0 Å². The smallest absolute Gasteiger partial charge is 0.315 e. The number of carbonyl (C=O) groups is 1. The molecule has 0 aromatic carbocycles. The van der Waals surface area contributed by atoms with Crippen molar-refractivity contribution in [3.8, 4) is 0 Å². The average Bonchev–Trinajstić information content (AvgIpc) is 2.37. The van der Waals surface area contributed by atoms with Gasteiger partial charge < -0.3 is 20.5 Å². The molecule has 1 fully saturated rings. The molecule has 5 heteroatoms. The van der Waals surface area contributed by atoms with E-state index in [0.29, 0.717) is 13.0 Å². The zero-order valence-electron chi connectivity index (χ0n) is 12.4. The lowest BCUT2D eigenvalue weighted by Crippen LogP contribution is -2.63. The van der Waals surface area contributed by atoms with E-state index in [0.717, 1.165) is 25.9 Å². The van der Waals surface area contributed by atoms with E-state index in [9.17, 15) is 4.79 Å². The molecule has 5 nitrogen and oxygen atoms in total. The van der Waals surface area contributed by atoms with Crippen LogP contribution in [0.2, 0.25) is 0 Å². The third-order valence-electron chi connectivity index (χ3n) is 3.92. The third-order valence-corrected chi connectivity index (χ3v) is 3.92. The molecule has 0 spiro atoms. The van der Waals surface area contributed by atoms with Gasteiger partial charge in [0.25, 0.3) is 0 Å². The van der Waals surface area contributed by atoms with Crippen LogP contribution in [0.5, 0.6) is 0 Å². The van der Waals surface area contributed by atoms with E-state index >= 15 is 0 Å². The maximum Gasteiger partial charge on any atom is 0.315 e. The molecule has 0 saturated heterocycles. The van der Waals surface area contributed by atoms with E-state index in [1.54, 1.807) is 0 Å². The van der Waals surface area contributed by atoms with E-state index in [-0.39, 0.29) is 30.2 Å². The van der Waals surface area contributed by atoms with Gasteiger partial charge in [-0.25, -0.2) is 4.79 Å². The van der Waals surface area contributed by atoms with Crippen LogP contribution in [0.25, 0.3) is 0 Å². The molecular weight excluding hydrogens is 244 g/mol. The molecule has 2 amide bonds. The Morgan fingerprint density at radius 2 is 2.16 bits per heavy atom. The lowest BCUT2D eigenvalue weighted by Gasteiger charge is -2.51. The normalized spacial score (nSPS) is 24.6. The Morgan fingerprint density at radius 3 is 2.74 bits per heavy atom. The Labute approximate surface area is 116 Å². The number of carbonyl (C=O) groups excluding carboxylic acids is 1. The number of ether oxygens (including phenoxy) is 1. The predicted octanol–water partition coefficient (Wildman–Crippen LogP) is 1.65. The monoisotopic (exact) mass is 272 g/mol. The summed E-state index contributed by atoms with van der Waals surface area (Å²) in [6.07, 6.45) is 3.93. The van der Waals surface area contributed by atoms with E-state index in [2.05, 4.69) is 31.4 Å². The zero-order valence-corrected chi connectivity index (χ0v) is 12.4. The van der Waals surface area contributed by atoms with Gasteiger partial charge in [-0.15, -0.1) is 0 Å². The van der Waals surface area contributed by atoms with E-state index in [4.69, 9.17) is 9.84 Å². The standard InChI is InChI=1S/C14H28N2O3/c1-4-5-9-19-12-10-11(14(12,2)3)16-13(18)15-7-6-8-17/h11-12,17H,4-10H2,1-3H3,(H2,15,16,18). The van der Waals surface area contributed by atoms with E-state index in [1.807, 2.05) is 0 Å². The molecule has 2 atom stereocenters. The Hall–Kier alpha value is -0.810. The molecule has 0 aliphatic heterocycles. The highest BCUT2D eigenvalue weighted by Crippen LogP contribution is 2.42. The van der Waals surface area contributed by atoms with Crippen molar-refractivity contribution < 1.29 is 14.6 Å². The Balaban J connectivity index is 2.24. The van der Waals surface area contributed by atoms with Gasteiger partial charge in [0.05, 0.1) is 6.10 Å². The van der Waals surface area contributed by atoms with Gasteiger partial charge in [0.2, 0.25) is 0 Å². The molecule has 1 rings (SSSR count). The largest absolute Gasteiger partial charge is 0.396 e. The SMILES string of the molecule is CCCCOC1CC(NC(=O)NCCCO)C1(C)C. The molecule has 0 aromatic rings. The van der Waals surface area contributed by atoms with Gasteiger partial charge in [-0.2, -0.15) is 0 Å². The van der Waals surface area contributed by atoms with Gasteiger partial charge in [-0.05, 0) is 19.3 Å².